The van der Waals surface area contributed by atoms with Gasteiger partial charge in [-0.1, -0.05) is 31.2 Å². The number of hydrogen-bond donors (Lipinski definition) is 1. The Morgan fingerprint density at radius 3 is 2.75 bits per heavy atom. The van der Waals surface area contributed by atoms with Crippen LogP contribution in [0.4, 0.5) is 0 Å². The van der Waals surface area contributed by atoms with Gasteiger partial charge in [0.05, 0.1) is 13.2 Å². The number of piperazine rings is 1. The van der Waals surface area contributed by atoms with Crippen LogP contribution in [0.5, 0.6) is 5.75 Å². The van der Waals surface area contributed by atoms with Crippen molar-refractivity contribution in [3.8, 4) is 5.75 Å². The van der Waals surface area contributed by atoms with Gasteiger partial charge in [-0.3, -0.25) is 9.59 Å². The highest BCUT2D eigenvalue weighted by Crippen LogP contribution is 2.42. The topological polar surface area (TPSA) is 58.6 Å². The summed E-state index contributed by atoms with van der Waals surface area (Å²) in [5, 5.41) is 2.76. The van der Waals surface area contributed by atoms with E-state index in [0.717, 1.165) is 11.7 Å². The average molecular weight is 435 g/mol. The second-order valence-corrected chi connectivity index (χ2v) is 9.22. The first-order valence-corrected chi connectivity index (χ1v) is 11.9. The minimum atomic E-state index is -0.0861. The van der Waals surface area contributed by atoms with E-state index in [0.29, 0.717) is 37.1 Å². The fraction of sp³-hybridized carbons (Fsp3) is 0.481. The minimum absolute atomic E-state index is 0.0567. The molecule has 1 saturated heterocycles. The molecule has 3 atom stereocenters. The van der Waals surface area contributed by atoms with Gasteiger partial charge < -0.3 is 15.0 Å². The van der Waals surface area contributed by atoms with Crippen LogP contribution in [-0.4, -0.2) is 43.0 Å². The van der Waals surface area contributed by atoms with Gasteiger partial charge in [-0.2, -0.15) is 0 Å². The number of nitrogens with one attached hydrogen (secondary N) is 1. The molecule has 2 fully saturated rings. The van der Waals surface area contributed by atoms with E-state index in [9.17, 15) is 9.59 Å². The Bertz CT molecular complexity index is 940. The molecule has 170 valence electrons. The Hall–Kier alpha value is -2.82. The number of amides is 2. The van der Waals surface area contributed by atoms with E-state index in [1.165, 1.54) is 36.8 Å². The van der Waals surface area contributed by atoms with Crippen molar-refractivity contribution in [3.05, 3.63) is 65.2 Å². The third-order valence-corrected chi connectivity index (χ3v) is 6.92. The van der Waals surface area contributed by atoms with Crippen LogP contribution in [0.2, 0.25) is 0 Å². The Balaban J connectivity index is 1.32. The Morgan fingerprint density at radius 1 is 1.19 bits per heavy atom. The van der Waals surface area contributed by atoms with Crippen LogP contribution in [0.25, 0.3) is 0 Å². The summed E-state index contributed by atoms with van der Waals surface area (Å²) in [5.74, 6) is 2.61. The molecular weight excluding hydrogens is 400 g/mol. The predicted octanol–water partition coefficient (Wildman–Crippen LogP) is 4.73. The smallest absolute Gasteiger partial charge is 0.254 e. The molecule has 1 aliphatic heterocycles. The van der Waals surface area contributed by atoms with Gasteiger partial charge in [0.1, 0.15) is 5.75 Å². The lowest BCUT2D eigenvalue weighted by Crippen LogP contribution is -2.49. The molecule has 5 heteroatoms. The molecule has 2 amide bonds. The van der Waals surface area contributed by atoms with Gasteiger partial charge in [0.15, 0.2) is 0 Å². The SMILES string of the molecule is CCOc1cccc([C@@H](C)C[C@H]2CC[C@@H](c3ccc(C(=O)N4CCNC(=O)C4)cc3)C2)c1. The minimum Gasteiger partial charge on any atom is -0.494 e. The van der Waals surface area contributed by atoms with E-state index < -0.39 is 0 Å². The van der Waals surface area contributed by atoms with Crippen molar-refractivity contribution in [1.29, 1.82) is 0 Å². The van der Waals surface area contributed by atoms with Gasteiger partial charge in [-0.25, -0.2) is 0 Å². The molecule has 0 aromatic heterocycles. The van der Waals surface area contributed by atoms with E-state index in [2.05, 4.69) is 42.6 Å². The Morgan fingerprint density at radius 2 is 2.00 bits per heavy atom. The van der Waals surface area contributed by atoms with Crippen molar-refractivity contribution < 1.29 is 14.3 Å². The Labute approximate surface area is 191 Å². The van der Waals surface area contributed by atoms with Crippen molar-refractivity contribution in [3.63, 3.8) is 0 Å². The van der Waals surface area contributed by atoms with Gasteiger partial charge in [-0.05, 0) is 85.8 Å². The lowest BCUT2D eigenvalue weighted by Gasteiger charge is -2.26. The molecule has 0 radical (unpaired) electrons. The van der Waals surface area contributed by atoms with Crippen molar-refractivity contribution in [1.82, 2.24) is 10.2 Å². The van der Waals surface area contributed by atoms with E-state index in [1.54, 1.807) is 4.90 Å². The molecule has 0 unspecified atom stereocenters. The Kier molecular flexibility index (Phi) is 7.13. The summed E-state index contributed by atoms with van der Waals surface area (Å²) in [4.78, 5) is 25.9. The second kappa shape index (κ2) is 10.2. The number of nitrogens with zero attached hydrogens (tertiary/aromatic N) is 1. The summed E-state index contributed by atoms with van der Waals surface area (Å²) < 4.78 is 5.67. The number of carbonyl (C=O) groups is 2. The summed E-state index contributed by atoms with van der Waals surface area (Å²) in [6.07, 6.45) is 4.86. The normalized spacial score (nSPS) is 21.8. The van der Waals surface area contributed by atoms with Crippen LogP contribution in [0.15, 0.2) is 48.5 Å². The lowest BCUT2D eigenvalue weighted by atomic mass is 9.88. The molecule has 1 heterocycles. The number of hydrogen-bond acceptors (Lipinski definition) is 3. The summed E-state index contributed by atoms with van der Waals surface area (Å²) >= 11 is 0. The molecule has 5 nitrogen and oxygen atoms in total. The highest BCUT2D eigenvalue weighted by Gasteiger charge is 2.28. The summed E-state index contributed by atoms with van der Waals surface area (Å²) in [7, 11) is 0. The van der Waals surface area contributed by atoms with Crippen molar-refractivity contribution >= 4 is 11.8 Å². The highest BCUT2D eigenvalue weighted by atomic mass is 16.5. The average Bonchev–Trinajstić information content (AvgIpc) is 3.27. The zero-order chi connectivity index (χ0) is 22.5. The number of rotatable bonds is 7. The fourth-order valence-electron chi connectivity index (χ4n) is 5.20. The largest absolute Gasteiger partial charge is 0.494 e. The molecule has 0 spiro atoms. The monoisotopic (exact) mass is 434 g/mol. The maximum atomic E-state index is 12.7. The first kappa shape index (κ1) is 22.4. The van der Waals surface area contributed by atoms with E-state index >= 15 is 0 Å². The zero-order valence-corrected chi connectivity index (χ0v) is 19.2. The van der Waals surface area contributed by atoms with Crippen LogP contribution in [-0.2, 0) is 4.79 Å². The van der Waals surface area contributed by atoms with Crippen molar-refractivity contribution in [2.45, 2.75) is 51.4 Å². The highest BCUT2D eigenvalue weighted by molar-refractivity contribution is 5.97. The van der Waals surface area contributed by atoms with Crippen LogP contribution >= 0.6 is 0 Å². The number of benzene rings is 2. The molecule has 0 bridgehead atoms. The molecule has 1 saturated carbocycles. The van der Waals surface area contributed by atoms with Crippen LogP contribution < -0.4 is 10.1 Å². The maximum absolute atomic E-state index is 12.7. The second-order valence-electron chi connectivity index (χ2n) is 9.22. The molecule has 2 aromatic carbocycles. The quantitative estimate of drug-likeness (QED) is 0.685. The maximum Gasteiger partial charge on any atom is 0.254 e. The first-order valence-electron chi connectivity index (χ1n) is 11.9. The molecule has 32 heavy (non-hydrogen) atoms. The van der Waals surface area contributed by atoms with Crippen molar-refractivity contribution in [2.75, 3.05) is 26.2 Å². The fourth-order valence-corrected chi connectivity index (χ4v) is 5.20. The summed E-state index contributed by atoms with van der Waals surface area (Å²) in [5.41, 5.74) is 3.35. The summed E-state index contributed by atoms with van der Waals surface area (Å²) in [6, 6.07) is 16.6. The zero-order valence-electron chi connectivity index (χ0n) is 19.2. The molecule has 2 aliphatic rings. The summed E-state index contributed by atoms with van der Waals surface area (Å²) in [6.45, 7) is 6.28. The van der Waals surface area contributed by atoms with E-state index in [1.807, 2.05) is 25.1 Å². The molecule has 1 aliphatic carbocycles. The predicted molar refractivity (Wildman–Crippen MR) is 126 cm³/mol. The molecule has 1 N–H and O–H groups in total. The number of ether oxygens (including phenoxy) is 1. The van der Waals surface area contributed by atoms with Crippen LogP contribution in [0, 0.1) is 5.92 Å². The van der Waals surface area contributed by atoms with Gasteiger partial charge in [0.2, 0.25) is 5.91 Å². The third kappa shape index (κ3) is 5.32. The van der Waals surface area contributed by atoms with E-state index in [-0.39, 0.29) is 18.4 Å². The molecule has 2 aromatic rings. The number of carbonyl (C=O) groups excluding carboxylic acids is 2. The lowest BCUT2D eigenvalue weighted by molar-refractivity contribution is -0.123. The van der Waals surface area contributed by atoms with Crippen LogP contribution in [0.3, 0.4) is 0 Å². The standard InChI is InChI=1S/C27H34N2O3/c1-3-32-25-6-4-5-23(17-25)19(2)15-20-7-8-24(16-20)21-9-11-22(12-10-21)27(31)29-14-13-28-26(30)18-29/h4-6,9-12,17,19-20,24H,3,7-8,13-16,18H2,1-2H3,(H,28,30)/t19-,20+,24+/m0/s1. The van der Waals surface area contributed by atoms with Crippen LogP contribution in [0.1, 0.15) is 72.9 Å². The van der Waals surface area contributed by atoms with E-state index in [4.69, 9.17) is 4.74 Å². The molecular formula is C27H34N2O3. The van der Waals surface area contributed by atoms with Gasteiger partial charge in [-0.15, -0.1) is 0 Å². The van der Waals surface area contributed by atoms with Crippen molar-refractivity contribution in [2.24, 2.45) is 5.92 Å². The van der Waals surface area contributed by atoms with Gasteiger partial charge in [0, 0.05) is 18.7 Å². The first-order chi connectivity index (χ1) is 15.5. The molecule has 4 rings (SSSR count). The third-order valence-electron chi connectivity index (χ3n) is 6.92. The van der Waals surface area contributed by atoms with Gasteiger partial charge >= 0.3 is 0 Å². The van der Waals surface area contributed by atoms with Gasteiger partial charge in [0.25, 0.3) is 5.91 Å².